The molecule has 0 aliphatic carbocycles. The molecule has 0 unspecified atom stereocenters. The van der Waals surface area contributed by atoms with Crippen molar-refractivity contribution in [1.29, 1.82) is 0 Å². The van der Waals surface area contributed by atoms with Crippen LogP contribution in [0.1, 0.15) is 11.1 Å². The third kappa shape index (κ3) is 1.77. The van der Waals surface area contributed by atoms with Gasteiger partial charge in [-0.25, -0.2) is 9.67 Å². The van der Waals surface area contributed by atoms with E-state index >= 15 is 0 Å². The lowest BCUT2D eigenvalue weighted by atomic mass is 10.1. The Labute approximate surface area is 110 Å². The molecule has 0 amide bonds. The molecule has 0 N–H and O–H groups in total. The number of pyridine rings is 1. The summed E-state index contributed by atoms with van der Waals surface area (Å²) in [6, 6.07) is 8.00. The van der Waals surface area contributed by atoms with Gasteiger partial charge in [-0.15, -0.1) is 0 Å². The normalized spacial score (nSPS) is 11.1. The van der Waals surface area contributed by atoms with Crippen molar-refractivity contribution in [3.05, 3.63) is 52.9 Å². The molecule has 2 aromatic heterocycles. The standard InChI is InChI=1S/C14H12ClN3/c1-9-4-3-5-10(2)14(9)18-8-11-7-16-13(15)6-12(11)17-18/h3-8H,1-2H3. The summed E-state index contributed by atoms with van der Waals surface area (Å²) >= 11 is 5.88. The summed E-state index contributed by atoms with van der Waals surface area (Å²) in [7, 11) is 0. The molecule has 0 spiro atoms. The molecule has 0 atom stereocenters. The highest BCUT2D eigenvalue weighted by Crippen LogP contribution is 2.22. The number of hydrogen-bond donors (Lipinski definition) is 0. The van der Waals surface area contributed by atoms with Gasteiger partial charge in [0.2, 0.25) is 0 Å². The maximum atomic E-state index is 5.88. The minimum absolute atomic E-state index is 0.467. The predicted octanol–water partition coefficient (Wildman–Crippen LogP) is 3.69. The van der Waals surface area contributed by atoms with Crippen LogP contribution >= 0.6 is 11.6 Å². The molecule has 0 fully saturated rings. The summed E-state index contributed by atoms with van der Waals surface area (Å²) in [4.78, 5) is 4.07. The minimum atomic E-state index is 0.467. The van der Waals surface area contributed by atoms with Gasteiger partial charge in [-0.3, -0.25) is 0 Å². The van der Waals surface area contributed by atoms with Crippen molar-refractivity contribution in [3.63, 3.8) is 0 Å². The van der Waals surface area contributed by atoms with Gasteiger partial charge in [-0.05, 0) is 25.0 Å². The van der Waals surface area contributed by atoms with E-state index < -0.39 is 0 Å². The van der Waals surface area contributed by atoms with Gasteiger partial charge in [0.15, 0.2) is 0 Å². The predicted molar refractivity (Wildman–Crippen MR) is 73.3 cm³/mol. The van der Waals surface area contributed by atoms with Gasteiger partial charge in [-0.2, -0.15) is 5.10 Å². The van der Waals surface area contributed by atoms with E-state index in [4.69, 9.17) is 11.6 Å². The van der Waals surface area contributed by atoms with Gasteiger partial charge in [0.05, 0.1) is 11.2 Å². The second-order valence-electron chi connectivity index (χ2n) is 4.38. The molecule has 2 heterocycles. The van der Waals surface area contributed by atoms with Crippen molar-refractivity contribution in [2.75, 3.05) is 0 Å². The molecule has 0 bridgehead atoms. The number of aryl methyl sites for hydroxylation is 2. The highest BCUT2D eigenvalue weighted by atomic mass is 35.5. The minimum Gasteiger partial charge on any atom is -0.244 e. The van der Waals surface area contributed by atoms with Crippen LogP contribution in [0, 0.1) is 13.8 Å². The first-order valence-electron chi connectivity index (χ1n) is 5.72. The molecule has 0 saturated heterocycles. The molecular weight excluding hydrogens is 246 g/mol. The van der Waals surface area contributed by atoms with Crippen molar-refractivity contribution in [2.45, 2.75) is 13.8 Å². The van der Waals surface area contributed by atoms with E-state index in [9.17, 15) is 0 Å². The fraction of sp³-hybridized carbons (Fsp3) is 0.143. The Morgan fingerprint density at radius 2 is 1.89 bits per heavy atom. The topological polar surface area (TPSA) is 30.7 Å². The molecule has 0 radical (unpaired) electrons. The third-order valence-corrected chi connectivity index (χ3v) is 3.23. The van der Waals surface area contributed by atoms with E-state index in [1.54, 1.807) is 12.3 Å². The summed E-state index contributed by atoms with van der Waals surface area (Å²) in [5.74, 6) is 0. The zero-order valence-electron chi connectivity index (χ0n) is 10.2. The molecule has 4 heteroatoms. The number of benzene rings is 1. The van der Waals surface area contributed by atoms with E-state index in [1.807, 2.05) is 10.9 Å². The highest BCUT2D eigenvalue weighted by molar-refractivity contribution is 6.29. The first kappa shape index (κ1) is 11.2. The summed E-state index contributed by atoms with van der Waals surface area (Å²) in [6.07, 6.45) is 3.72. The number of nitrogens with zero attached hydrogens (tertiary/aromatic N) is 3. The zero-order chi connectivity index (χ0) is 12.7. The van der Waals surface area contributed by atoms with E-state index in [1.165, 1.54) is 11.1 Å². The first-order valence-corrected chi connectivity index (χ1v) is 6.10. The smallest absolute Gasteiger partial charge is 0.131 e. The lowest BCUT2D eigenvalue weighted by Gasteiger charge is -2.08. The van der Waals surface area contributed by atoms with Crippen LogP contribution in [0.15, 0.2) is 36.7 Å². The van der Waals surface area contributed by atoms with Gasteiger partial charge in [0.25, 0.3) is 0 Å². The summed E-state index contributed by atoms with van der Waals surface area (Å²) in [5.41, 5.74) is 4.37. The molecule has 0 saturated carbocycles. The Balaban J connectivity index is 2.26. The highest BCUT2D eigenvalue weighted by Gasteiger charge is 2.08. The van der Waals surface area contributed by atoms with Crippen molar-refractivity contribution in [3.8, 4) is 5.69 Å². The Morgan fingerprint density at radius 1 is 1.17 bits per heavy atom. The molecule has 0 aliphatic heterocycles. The fourth-order valence-electron chi connectivity index (χ4n) is 2.18. The number of hydrogen-bond acceptors (Lipinski definition) is 2. The van der Waals surface area contributed by atoms with Gasteiger partial charge < -0.3 is 0 Å². The summed E-state index contributed by atoms with van der Waals surface area (Å²) in [6.45, 7) is 4.17. The largest absolute Gasteiger partial charge is 0.244 e. The molecule has 3 aromatic rings. The Bertz CT molecular complexity index is 711. The van der Waals surface area contributed by atoms with Crippen LogP contribution < -0.4 is 0 Å². The van der Waals surface area contributed by atoms with Crippen molar-refractivity contribution in [2.24, 2.45) is 0 Å². The van der Waals surface area contributed by atoms with Crippen LogP contribution in [-0.2, 0) is 0 Å². The maximum Gasteiger partial charge on any atom is 0.131 e. The molecule has 18 heavy (non-hydrogen) atoms. The molecule has 0 aliphatic rings. The molecule has 3 nitrogen and oxygen atoms in total. The summed E-state index contributed by atoms with van der Waals surface area (Å²) in [5, 5.41) is 6.01. The number of para-hydroxylation sites is 1. The second-order valence-corrected chi connectivity index (χ2v) is 4.77. The van der Waals surface area contributed by atoms with Gasteiger partial charge in [-0.1, -0.05) is 29.8 Å². The second kappa shape index (κ2) is 4.10. The average molecular weight is 258 g/mol. The molecule has 3 rings (SSSR count). The van der Waals surface area contributed by atoms with Gasteiger partial charge in [0.1, 0.15) is 5.15 Å². The third-order valence-electron chi connectivity index (χ3n) is 3.02. The number of aromatic nitrogens is 3. The maximum absolute atomic E-state index is 5.88. The van der Waals surface area contributed by atoms with E-state index in [-0.39, 0.29) is 0 Å². The Morgan fingerprint density at radius 3 is 2.61 bits per heavy atom. The first-order chi connectivity index (χ1) is 8.65. The van der Waals surface area contributed by atoms with Gasteiger partial charge in [0, 0.05) is 23.8 Å². The SMILES string of the molecule is Cc1cccc(C)c1-n1cc2cnc(Cl)cc2n1. The van der Waals surface area contributed by atoms with E-state index in [0.29, 0.717) is 5.15 Å². The lowest BCUT2D eigenvalue weighted by molar-refractivity contribution is 0.879. The average Bonchev–Trinajstić information content (AvgIpc) is 2.71. The quantitative estimate of drug-likeness (QED) is 0.623. The van der Waals surface area contributed by atoms with Crippen molar-refractivity contribution < 1.29 is 0 Å². The van der Waals surface area contributed by atoms with Crippen LogP contribution in [0.2, 0.25) is 5.15 Å². The number of rotatable bonds is 1. The van der Waals surface area contributed by atoms with Crippen molar-refractivity contribution >= 4 is 22.5 Å². The fourth-order valence-corrected chi connectivity index (χ4v) is 2.33. The monoisotopic (exact) mass is 257 g/mol. The van der Waals surface area contributed by atoms with Crippen LogP contribution in [-0.4, -0.2) is 14.8 Å². The van der Waals surface area contributed by atoms with Crippen molar-refractivity contribution in [1.82, 2.24) is 14.8 Å². The van der Waals surface area contributed by atoms with Gasteiger partial charge >= 0.3 is 0 Å². The molecular formula is C14H12ClN3. The lowest BCUT2D eigenvalue weighted by Crippen LogP contribution is -2.00. The Hall–Kier alpha value is -1.87. The van der Waals surface area contributed by atoms with Crippen LogP contribution in [0.25, 0.3) is 16.6 Å². The number of halogens is 1. The van der Waals surface area contributed by atoms with Crippen LogP contribution in [0.5, 0.6) is 0 Å². The van der Waals surface area contributed by atoms with Crippen LogP contribution in [0.4, 0.5) is 0 Å². The summed E-state index contributed by atoms with van der Waals surface area (Å²) < 4.78 is 1.90. The van der Waals surface area contributed by atoms with E-state index in [2.05, 4.69) is 42.1 Å². The Kier molecular flexibility index (Phi) is 2.56. The molecule has 90 valence electrons. The number of fused-ring (bicyclic) bond motifs is 1. The van der Waals surface area contributed by atoms with E-state index in [0.717, 1.165) is 16.6 Å². The zero-order valence-corrected chi connectivity index (χ0v) is 10.9. The van der Waals surface area contributed by atoms with Crippen LogP contribution in [0.3, 0.4) is 0 Å². The molecule has 1 aromatic carbocycles.